The second-order valence-corrected chi connectivity index (χ2v) is 9.35. The number of nitrogens with zero attached hydrogens (tertiary/aromatic N) is 1. The molecule has 37 heavy (non-hydrogen) atoms. The van der Waals surface area contributed by atoms with Crippen molar-refractivity contribution in [3.63, 3.8) is 0 Å². The van der Waals surface area contributed by atoms with Crippen molar-refractivity contribution in [3.8, 4) is 5.75 Å². The van der Waals surface area contributed by atoms with Gasteiger partial charge in [0.25, 0.3) is 0 Å². The number of aliphatic carboxylic acids is 1. The number of allylic oxidation sites excluding steroid dienone is 1. The van der Waals surface area contributed by atoms with E-state index < -0.39 is 17.7 Å². The lowest BCUT2D eigenvalue weighted by molar-refractivity contribution is -0.131. The molecule has 0 spiro atoms. The van der Waals surface area contributed by atoms with Gasteiger partial charge in [0, 0.05) is 11.6 Å². The number of carboxylic acids is 1. The molecule has 5 nitrogen and oxygen atoms in total. The number of fused-ring (bicyclic) bond motifs is 1. The Morgan fingerprint density at radius 1 is 1.11 bits per heavy atom. The normalized spacial score (nSPS) is 14.6. The number of benzene rings is 3. The SMILES string of the molecule is COc1ccc(/C(=C(\c2ccc(/C=C/C(=O)O)c(F)c2)c2ccc3[nH]nc(F)c3c2)C2CCC2)c(Cl)c1. The van der Waals surface area contributed by atoms with Crippen LogP contribution in [-0.2, 0) is 4.79 Å². The monoisotopic (exact) mass is 520 g/mol. The van der Waals surface area contributed by atoms with E-state index in [1.54, 1.807) is 31.4 Å². The first-order valence-electron chi connectivity index (χ1n) is 11.8. The quantitative estimate of drug-likeness (QED) is 0.197. The Hall–Kier alpha value is -3.97. The smallest absolute Gasteiger partial charge is 0.328 e. The van der Waals surface area contributed by atoms with Crippen LogP contribution in [0.3, 0.4) is 0 Å². The molecule has 5 rings (SSSR count). The summed E-state index contributed by atoms with van der Waals surface area (Å²) in [5, 5.41) is 16.1. The van der Waals surface area contributed by atoms with Gasteiger partial charge in [0.1, 0.15) is 11.6 Å². The lowest BCUT2D eigenvalue weighted by Gasteiger charge is -2.32. The van der Waals surface area contributed by atoms with E-state index in [1.165, 1.54) is 18.2 Å². The maximum atomic E-state index is 15.2. The van der Waals surface area contributed by atoms with Crippen molar-refractivity contribution in [3.05, 3.63) is 99.7 Å². The number of hydrogen-bond acceptors (Lipinski definition) is 3. The Labute approximate surface area is 217 Å². The number of H-pyrrole nitrogens is 1. The zero-order valence-corrected chi connectivity index (χ0v) is 20.7. The van der Waals surface area contributed by atoms with Crippen molar-refractivity contribution in [1.29, 1.82) is 0 Å². The number of ether oxygens (including phenoxy) is 1. The molecule has 8 heteroatoms. The molecule has 1 aromatic heterocycles. The molecule has 3 aromatic carbocycles. The summed E-state index contributed by atoms with van der Waals surface area (Å²) in [4.78, 5) is 10.9. The van der Waals surface area contributed by atoms with E-state index in [2.05, 4.69) is 10.2 Å². The minimum absolute atomic E-state index is 0.148. The topological polar surface area (TPSA) is 75.2 Å². The molecule has 2 N–H and O–H groups in total. The number of carbonyl (C=O) groups is 1. The van der Waals surface area contributed by atoms with Gasteiger partial charge in [-0.15, -0.1) is 5.10 Å². The van der Waals surface area contributed by atoms with E-state index in [9.17, 15) is 9.18 Å². The summed E-state index contributed by atoms with van der Waals surface area (Å²) in [7, 11) is 1.57. The number of carboxylic acid groups (broad SMARTS) is 1. The number of aromatic nitrogens is 2. The zero-order valence-electron chi connectivity index (χ0n) is 19.9. The first-order valence-corrected chi connectivity index (χ1v) is 12.2. The molecular formula is C29H23ClF2N2O3. The molecular weight excluding hydrogens is 498 g/mol. The van der Waals surface area contributed by atoms with Crippen LogP contribution in [0.25, 0.3) is 28.1 Å². The number of hydrogen-bond donors (Lipinski definition) is 2. The molecule has 0 radical (unpaired) electrons. The average molecular weight is 521 g/mol. The van der Waals surface area contributed by atoms with Gasteiger partial charge < -0.3 is 9.84 Å². The van der Waals surface area contributed by atoms with E-state index in [4.69, 9.17) is 21.4 Å². The lowest BCUT2D eigenvalue weighted by Crippen LogP contribution is -2.15. The van der Waals surface area contributed by atoms with Gasteiger partial charge >= 0.3 is 5.97 Å². The van der Waals surface area contributed by atoms with Crippen LogP contribution in [0.5, 0.6) is 5.75 Å². The molecule has 1 aliphatic rings. The molecule has 188 valence electrons. The van der Waals surface area contributed by atoms with Crippen LogP contribution < -0.4 is 4.74 Å². The van der Waals surface area contributed by atoms with Gasteiger partial charge in [-0.1, -0.05) is 36.2 Å². The van der Waals surface area contributed by atoms with Crippen molar-refractivity contribution < 1.29 is 23.4 Å². The molecule has 0 bridgehead atoms. The summed E-state index contributed by atoms with van der Waals surface area (Å²) in [6.07, 6.45) is 5.03. The first kappa shape index (κ1) is 24.7. The summed E-state index contributed by atoms with van der Waals surface area (Å²) >= 11 is 6.75. The minimum Gasteiger partial charge on any atom is -0.497 e. The van der Waals surface area contributed by atoms with Crippen molar-refractivity contribution >= 4 is 45.7 Å². The molecule has 1 aliphatic carbocycles. The van der Waals surface area contributed by atoms with Crippen LogP contribution in [-0.4, -0.2) is 28.4 Å². The Balaban J connectivity index is 1.79. The van der Waals surface area contributed by atoms with Crippen LogP contribution in [0.15, 0.2) is 60.7 Å². The zero-order chi connectivity index (χ0) is 26.1. The highest BCUT2D eigenvalue weighted by Gasteiger charge is 2.29. The van der Waals surface area contributed by atoms with E-state index in [1.807, 2.05) is 18.2 Å². The highest BCUT2D eigenvalue weighted by molar-refractivity contribution is 6.33. The predicted molar refractivity (Wildman–Crippen MR) is 140 cm³/mol. The van der Waals surface area contributed by atoms with Gasteiger partial charge in [-0.2, -0.15) is 4.39 Å². The fraction of sp³-hybridized carbons (Fsp3) is 0.172. The lowest BCUT2D eigenvalue weighted by atomic mass is 9.73. The Kier molecular flexibility index (Phi) is 6.80. The number of methoxy groups -OCH3 is 1. The molecule has 0 saturated heterocycles. The van der Waals surface area contributed by atoms with E-state index >= 15 is 4.39 Å². The second-order valence-electron chi connectivity index (χ2n) is 8.94. The Morgan fingerprint density at radius 3 is 2.51 bits per heavy atom. The fourth-order valence-electron chi connectivity index (χ4n) is 4.69. The highest BCUT2D eigenvalue weighted by atomic mass is 35.5. The van der Waals surface area contributed by atoms with Gasteiger partial charge in [0.2, 0.25) is 5.95 Å². The third kappa shape index (κ3) is 4.87. The van der Waals surface area contributed by atoms with Crippen LogP contribution >= 0.6 is 11.6 Å². The van der Waals surface area contributed by atoms with Crippen LogP contribution in [0.2, 0.25) is 5.02 Å². The predicted octanol–water partition coefficient (Wildman–Crippen LogP) is 7.36. The molecule has 1 heterocycles. The maximum absolute atomic E-state index is 15.2. The van der Waals surface area contributed by atoms with Gasteiger partial charge in [0.05, 0.1) is 23.0 Å². The molecule has 0 aliphatic heterocycles. The van der Waals surface area contributed by atoms with Gasteiger partial charge in [-0.25, -0.2) is 9.18 Å². The fourth-order valence-corrected chi connectivity index (χ4v) is 4.96. The Morgan fingerprint density at radius 2 is 1.86 bits per heavy atom. The largest absolute Gasteiger partial charge is 0.497 e. The average Bonchev–Trinajstić information content (AvgIpc) is 3.22. The maximum Gasteiger partial charge on any atom is 0.328 e. The van der Waals surface area contributed by atoms with E-state index in [-0.39, 0.29) is 11.5 Å². The van der Waals surface area contributed by atoms with Gasteiger partial charge in [-0.3, -0.25) is 5.10 Å². The third-order valence-corrected chi connectivity index (χ3v) is 7.06. The summed E-state index contributed by atoms with van der Waals surface area (Å²) in [5.41, 5.74) is 4.42. The molecule has 1 saturated carbocycles. The molecule has 4 aromatic rings. The van der Waals surface area contributed by atoms with Crippen LogP contribution in [0, 0.1) is 17.7 Å². The second kappa shape index (κ2) is 10.2. The molecule has 0 unspecified atom stereocenters. The molecule has 0 amide bonds. The number of nitrogens with one attached hydrogen (secondary N) is 1. The highest BCUT2D eigenvalue weighted by Crippen LogP contribution is 2.47. The van der Waals surface area contributed by atoms with E-state index in [0.717, 1.165) is 42.0 Å². The number of halogens is 3. The summed E-state index contributed by atoms with van der Waals surface area (Å²) in [6.45, 7) is 0. The minimum atomic E-state index is -1.17. The number of rotatable bonds is 7. The van der Waals surface area contributed by atoms with Crippen molar-refractivity contribution in [1.82, 2.24) is 10.2 Å². The molecule has 1 fully saturated rings. The number of aromatic amines is 1. The van der Waals surface area contributed by atoms with Crippen LogP contribution in [0.1, 0.15) is 41.5 Å². The van der Waals surface area contributed by atoms with Crippen molar-refractivity contribution in [2.24, 2.45) is 5.92 Å². The first-order chi connectivity index (χ1) is 17.9. The van der Waals surface area contributed by atoms with Gasteiger partial charge in [-0.05, 0) is 89.1 Å². The third-order valence-electron chi connectivity index (χ3n) is 6.75. The summed E-state index contributed by atoms with van der Waals surface area (Å²) in [5.74, 6) is -1.58. The summed E-state index contributed by atoms with van der Waals surface area (Å²) in [6, 6.07) is 15.4. The van der Waals surface area contributed by atoms with Crippen LogP contribution in [0.4, 0.5) is 8.78 Å². The molecule has 0 atom stereocenters. The Bertz CT molecular complexity index is 1570. The van der Waals surface area contributed by atoms with Gasteiger partial charge in [0.15, 0.2) is 0 Å². The van der Waals surface area contributed by atoms with Crippen molar-refractivity contribution in [2.75, 3.05) is 7.11 Å². The van der Waals surface area contributed by atoms with Crippen molar-refractivity contribution in [2.45, 2.75) is 19.3 Å². The summed E-state index contributed by atoms with van der Waals surface area (Å²) < 4.78 is 35.0. The van der Waals surface area contributed by atoms with E-state index in [0.29, 0.717) is 32.8 Å². The standard InChI is InChI=1S/C29H23ClF2N2O3/c1-37-20-9-10-21(23(30)15-20)28(17-3-2-4-17)27(18-7-11-25-22(13-18)29(32)34-33-25)19-6-5-16(24(31)14-19)8-12-26(35)36/h5-15,17H,2-4H2,1H3,(H,33,34)(H,35,36)/b12-8+,28-27-.